The zero-order valence-corrected chi connectivity index (χ0v) is 9.54. The lowest BCUT2D eigenvalue weighted by Gasteiger charge is -2.04. The molecule has 0 atom stereocenters. The summed E-state index contributed by atoms with van der Waals surface area (Å²) in [5.74, 6) is -1.39. The van der Waals surface area contributed by atoms with Crippen molar-refractivity contribution < 1.29 is 14.1 Å². The van der Waals surface area contributed by atoms with Crippen molar-refractivity contribution in [2.75, 3.05) is 5.32 Å². The van der Waals surface area contributed by atoms with Crippen LogP contribution < -0.4 is 5.32 Å². The van der Waals surface area contributed by atoms with Crippen LogP contribution in [0.2, 0.25) is 0 Å². The molecule has 0 aliphatic carbocycles. The number of hydrogen-bond donors (Lipinski definition) is 1. The summed E-state index contributed by atoms with van der Waals surface area (Å²) in [6, 6.07) is 7.58. The predicted molar refractivity (Wildman–Crippen MR) is 65.2 cm³/mol. The van der Waals surface area contributed by atoms with Gasteiger partial charge in [0.1, 0.15) is 11.6 Å². The lowest BCUT2D eigenvalue weighted by Crippen LogP contribution is -2.14. The first kappa shape index (κ1) is 12.6. The van der Waals surface area contributed by atoms with E-state index in [0.29, 0.717) is 0 Å². The van der Waals surface area contributed by atoms with Crippen LogP contribution in [0.5, 0.6) is 0 Å². The van der Waals surface area contributed by atoms with Crippen molar-refractivity contribution in [1.29, 1.82) is 0 Å². The number of nitrogens with zero attached hydrogens (tertiary/aromatic N) is 2. The van der Waals surface area contributed by atoms with Crippen molar-refractivity contribution in [2.24, 2.45) is 0 Å². The van der Waals surface area contributed by atoms with E-state index in [4.69, 9.17) is 0 Å². The Morgan fingerprint density at radius 2 is 2.11 bits per heavy atom. The summed E-state index contributed by atoms with van der Waals surface area (Å²) in [4.78, 5) is 25.5. The third kappa shape index (κ3) is 2.89. The van der Waals surface area contributed by atoms with Gasteiger partial charge < -0.3 is 5.32 Å². The Kier molecular flexibility index (Phi) is 3.46. The molecule has 1 aromatic carbocycles. The Morgan fingerprint density at radius 3 is 2.74 bits per heavy atom. The van der Waals surface area contributed by atoms with Gasteiger partial charge in [-0.05, 0) is 18.2 Å². The van der Waals surface area contributed by atoms with Crippen LogP contribution in [-0.2, 0) is 0 Å². The Morgan fingerprint density at radius 1 is 1.32 bits per heavy atom. The van der Waals surface area contributed by atoms with Gasteiger partial charge in [-0.15, -0.1) is 0 Å². The Balaban J connectivity index is 2.28. The summed E-state index contributed by atoms with van der Waals surface area (Å²) in [5.41, 5.74) is -0.757. The average Bonchev–Trinajstić information content (AvgIpc) is 2.40. The number of nitro benzene ring substituents is 1. The quantitative estimate of drug-likeness (QED) is 0.679. The molecule has 1 heterocycles. The van der Waals surface area contributed by atoms with Gasteiger partial charge in [-0.2, -0.15) is 0 Å². The van der Waals surface area contributed by atoms with Crippen LogP contribution in [0.15, 0.2) is 42.6 Å². The molecule has 1 aromatic heterocycles. The molecule has 6 nitrogen and oxygen atoms in total. The highest BCUT2D eigenvalue weighted by molar-refractivity contribution is 6.04. The molecule has 0 bridgehead atoms. The van der Waals surface area contributed by atoms with Gasteiger partial charge in [0, 0.05) is 18.3 Å². The lowest BCUT2D eigenvalue weighted by atomic mass is 10.1. The van der Waals surface area contributed by atoms with Crippen molar-refractivity contribution >= 4 is 17.4 Å². The number of nitro groups is 1. The molecular weight excluding hydrogens is 253 g/mol. The topological polar surface area (TPSA) is 85.1 Å². The number of halogens is 1. The number of nitrogens with one attached hydrogen (secondary N) is 1. The van der Waals surface area contributed by atoms with Crippen LogP contribution in [0.1, 0.15) is 10.4 Å². The van der Waals surface area contributed by atoms with Crippen molar-refractivity contribution in [1.82, 2.24) is 4.98 Å². The molecule has 0 aliphatic heterocycles. The molecule has 0 radical (unpaired) electrons. The van der Waals surface area contributed by atoms with Gasteiger partial charge in [0.05, 0.1) is 10.5 Å². The van der Waals surface area contributed by atoms with Crippen LogP contribution in [-0.4, -0.2) is 15.8 Å². The number of hydrogen-bond acceptors (Lipinski definition) is 4. The van der Waals surface area contributed by atoms with Crippen molar-refractivity contribution in [2.45, 2.75) is 0 Å². The Labute approximate surface area is 107 Å². The smallest absolute Gasteiger partial charge is 0.270 e. The molecule has 19 heavy (non-hydrogen) atoms. The zero-order chi connectivity index (χ0) is 13.8. The van der Waals surface area contributed by atoms with E-state index in [9.17, 15) is 19.3 Å². The van der Waals surface area contributed by atoms with Gasteiger partial charge in [-0.25, -0.2) is 9.37 Å². The molecule has 2 rings (SSSR count). The number of carbonyl (C=O) groups excluding carboxylic acids is 1. The van der Waals surface area contributed by atoms with E-state index in [1.165, 1.54) is 12.3 Å². The van der Waals surface area contributed by atoms with E-state index in [0.717, 1.165) is 18.2 Å². The van der Waals surface area contributed by atoms with Gasteiger partial charge >= 0.3 is 0 Å². The zero-order valence-electron chi connectivity index (χ0n) is 9.54. The second-order valence-electron chi connectivity index (χ2n) is 3.59. The van der Waals surface area contributed by atoms with E-state index in [1.54, 1.807) is 12.1 Å². The standard InChI is InChI=1S/C12H8FN3O3/c13-10-5-4-8(16(18)19)7-9(10)12(17)15-11-3-1-2-6-14-11/h1-7H,(H,14,15,17). The highest BCUT2D eigenvalue weighted by atomic mass is 19.1. The van der Waals surface area contributed by atoms with Crippen molar-refractivity contribution in [3.05, 3.63) is 64.1 Å². The van der Waals surface area contributed by atoms with Gasteiger partial charge in [0.25, 0.3) is 11.6 Å². The molecule has 7 heteroatoms. The van der Waals surface area contributed by atoms with Gasteiger partial charge in [0.2, 0.25) is 0 Å². The fourth-order valence-corrected chi connectivity index (χ4v) is 1.42. The Bertz CT molecular complexity index is 631. The predicted octanol–water partition coefficient (Wildman–Crippen LogP) is 2.38. The molecule has 0 aliphatic rings. The maximum Gasteiger partial charge on any atom is 0.270 e. The number of pyridine rings is 1. The molecule has 1 N–H and O–H groups in total. The number of anilines is 1. The SMILES string of the molecule is O=C(Nc1ccccn1)c1cc([N+](=O)[O-])ccc1F. The van der Waals surface area contributed by atoms with Crippen LogP contribution in [0.25, 0.3) is 0 Å². The minimum Gasteiger partial charge on any atom is -0.306 e. The first-order valence-corrected chi connectivity index (χ1v) is 5.24. The summed E-state index contributed by atoms with van der Waals surface area (Å²) < 4.78 is 13.5. The molecule has 0 unspecified atom stereocenters. The fourth-order valence-electron chi connectivity index (χ4n) is 1.42. The van der Waals surface area contributed by atoms with Crippen molar-refractivity contribution in [3.63, 3.8) is 0 Å². The summed E-state index contributed by atoms with van der Waals surface area (Å²) in [5, 5.41) is 12.9. The second kappa shape index (κ2) is 5.21. The number of non-ortho nitro benzene ring substituents is 1. The van der Waals surface area contributed by atoms with E-state index in [1.807, 2.05) is 0 Å². The number of benzene rings is 1. The third-order valence-corrected chi connectivity index (χ3v) is 2.31. The molecule has 0 fully saturated rings. The summed E-state index contributed by atoms with van der Waals surface area (Å²) in [7, 11) is 0. The molecule has 96 valence electrons. The monoisotopic (exact) mass is 261 g/mol. The second-order valence-corrected chi connectivity index (χ2v) is 3.59. The molecule has 2 aromatic rings. The molecule has 0 spiro atoms. The first-order chi connectivity index (χ1) is 9.08. The summed E-state index contributed by atoms with van der Waals surface area (Å²) >= 11 is 0. The number of carbonyl (C=O) groups is 1. The van der Waals surface area contributed by atoms with Gasteiger partial charge in [-0.3, -0.25) is 14.9 Å². The van der Waals surface area contributed by atoms with E-state index >= 15 is 0 Å². The first-order valence-electron chi connectivity index (χ1n) is 5.24. The minimum absolute atomic E-state index is 0.235. The highest BCUT2D eigenvalue weighted by Gasteiger charge is 2.17. The summed E-state index contributed by atoms with van der Waals surface area (Å²) in [6.45, 7) is 0. The van der Waals surface area contributed by atoms with Crippen LogP contribution in [0, 0.1) is 15.9 Å². The number of amides is 1. The van der Waals surface area contributed by atoms with E-state index in [2.05, 4.69) is 10.3 Å². The van der Waals surface area contributed by atoms with Crippen LogP contribution in [0.4, 0.5) is 15.9 Å². The minimum atomic E-state index is -0.834. The van der Waals surface area contributed by atoms with Gasteiger partial charge in [-0.1, -0.05) is 6.07 Å². The molecule has 0 saturated heterocycles. The number of aromatic nitrogens is 1. The Hall–Kier alpha value is -2.83. The maximum absolute atomic E-state index is 13.5. The van der Waals surface area contributed by atoms with E-state index in [-0.39, 0.29) is 11.5 Å². The van der Waals surface area contributed by atoms with Crippen molar-refractivity contribution in [3.8, 4) is 0 Å². The van der Waals surface area contributed by atoms with Crippen LogP contribution in [0.3, 0.4) is 0 Å². The normalized spacial score (nSPS) is 9.95. The average molecular weight is 261 g/mol. The third-order valence-electron chi connectivity index (χ3n) is 2.31. The highest BCUT2D eigenvalue weighted by Crippen LogP contribution is 2.17. The van der Waals surface area contributed by atoms with E-state index < -0.39 is 22.2 Å². The molecule has 0 saturated carbocycles. The summed E-state index contributed by atoms with van der Waals surface area (Å²) in [6.07, 6.45) is 1.46. The largest absolute Gasteiger partial charge is 0.306 e. The maximum atomic E-state index is 13.5. The van der Waals surface area contributed by atoms with Crippen LogP contribution >= 0.6 is 0 Å². The fraction of sp³-hybridized carbons (Fsp3) is 0. The molecule has 1 amide bonds. The van der Waals surface area contributed by atoms with Gasteiger partial charge in [0.15, 0.2) is 0 Å². The molecular formula is C12H8FN3O3. The number of rotatable bonds is 3. The lowest BCUT2D eigenvalue weighted by molar-refractivity contribution is -0.384.